The molecule has 0 radical (unpaired) electrons. The summed E-state index contributed by atoms with van der Waals surface area (Å²) in [7, 11) is 0. The second-order valence-corrected chi connectivity index (χ2v) is 4.90. The Morgan fingerprint density at radius 2 is 1.88 bits per heavy atom. The lowest BCUT2D eigenvalue weighted by Gasteiger charge is -2.33. The first kappa shape index (κ1) is 14.1. The molecule has 17 heavy (non-hydrogen) atoms. The predicted molar refractivity (Wildman–Crippen MR) is 61.7 cm³/mol. The molecule has 0 saturated carbocycles. The molecule has 0 aromatic carbocycles. The molecule has 3 nitrogen and oxygen atoms in total. The Labute approximate surface area is 99.9 Å². The molecule has 1 aliphatic rings. The van der Waals surface area contributed by atoms with Crippen LogP contribution in [-0.2, 0) is 0 Å². The Balaban J connectivity index is 2.44. The summed E-state index contributed by atoms with van der Waals surface area (Å²) in [6.45, 7) is 5.35. The summed E-state index contributed by atoms with van der Waals surface area (Å²) < 4.78 is 37.3. The molecule has 100 valence electrons. The van der Waals surface area contributed by atoms with Gasteiger partial charge in [0.2, 0.25) is 0 Å². The van der Waals surface area contributed by atoms with E-state index in [1.165, 1.54) is 0 Å². The molecule has 0 aromatic heterocycles. The smallest absolute Gasteiger partial charge is 0.370 e. The zero-order valence-corrected chi connectivity index (χ0v) is 10.3. The lowest BCUT2D eigenvalue weighted by Crippen LogP contribution is -2.45. The van der Waals surface area contributed by atoms with Crippen molar-refractivity contribution < 1.29 is 13.2 Å². The minimum atomic E-state index is -4.07. The third-order valence-electron chi connectivity index (χ3n) is 2.90. The van der Waals surface area contributed by atoms with Crippen LogP contribution in [0.2, 0.25) is 0 Å². The van der Waals surface area contributed by atoms with Crippen LogP contribution in [0.15, 0.2) is 4.99 Å². The van der Waals surface area contributed by atoms with Crippen LogP contribution >= 0.6 is 0 Å². The van der Waals surface area contributed by atoms with E-state index in [9.17, 15) is 13.2 Å². The van der Waals surface area contributed by atoms with Gasteiger partial charge in [-0.3, -0.25) is 4.99 Å². The lowest BCUT2D eigenvalue weighted by molar-refractivity contribution is -0.183. The van der Waals surface area contributed by atoms with Gasteiger partial charge in [0.1, 0.15) is 0 Å². The molecular weight excluding hydrogens is 231 g/mol. The summed E-state index contributed by atoms with van der Waals surface area (Å²) in [6.07, 6.45) is -3.85. The second-order valence-electron chi connectivity index (χ2n) is 4.90. The van der Waals surface area contributed by atoms with Crippen molar-refractivity contribution in [3.05, 3.63) is 0 Å². The predicted octanol–water partition coefficient (Wildman–Crippen LogP) is 2.23. The first-order valence-corrected chi connectivity index (χ1v) is 5.92. The lowest BCUT2D eigenvalue weighted by atomic mass is 9.96. The van der Waals surface area contributed by atoms with Crippen LogP contribution in [0, 0.1) is 11.8 Å². The molecule has 0 amide bonds. The zero-order valence-electron chi connectivity index (χ0n) is 10.3. The summed E-state index contributed by atoms with van der Waals surface area (Å²) in [6, 6.07) is 0. The SMILES string of the molecule is CC(C)CN=C(N)N1CCC(C(F)(F)F)CC1. The third-order valence-corrected chi connectivity index (χ3v) is 2.90. The highest BCUT2D eigenvalue weighted by atomic mass is 19.4. The van der Waals surface area contributed by atoms with Crippen LogP contribution in [0.5, 0.6) is 0 Å². The maximum Gasteiger partial charge on any atom is 0.391 e. The van der Waals surface area contributed by atoms with E-state index in [1.54, 1.807) is 4.90 Å². The van der Waals surface area contributed by atoms with Gasteiger partial charge in [-0.1, -0.05) is 13.8 Å². The van der Waals surface area contributed by atoms with E-state index in [2.05, 4.69) is 4.99 Å². The Morgan fingerprint density at radius 3 is 2.29 bits per heavy atom. The highest BCUT2D eigenvalue weighted by Gasteiger charge is 2.41. The van der Waals surface area contributed by atoms with Gasteiger partial charge in [-0.05, 0) is 18.8 Å². The minimum absolute atomic E-state index is 0.112. The van der Waals surface area contributed by atoms with Gasteiger partial charge in [-0.2, -0.15) is 13.2 Å². The van der Waals surface area contributed by atoms with Crippen LogP contribution in [0.3, 0.4) is 0 Å². The molecule has 1 saturated heterocycles. The molecule has 0 bridgehead atoms. The first-order valence-electron chi connectivity index (χ1n) is 5.92. The molecular formula is C11H20F3N3. The maximum atomic E-state index is 12.4. The van der Waals surface area contributed by atoms with Crippen LogP contribution < -0.4 is 5.73 Å². The van der Waals surface area contributed by atoms with Crippen LogP contribution in [0.4, 0.5) is 13.2 Å². The van der Waals surface area contributed by atoms with E-state index < -0.39 is 12.1 Å². The fourth-order valence-corrected chi connectivity index (χ4v) is 1.81. The average molecular weight is 251 g/mol. The van der Waals surface area contributed by atoms with Crippen LogP contribution in [-0.4, -0.2) is 36.7 Å². The van der Waals surface area contributed by atoms with Crippen molar-refractivity contribution in [1.82, 2.24) is 4.90 Å². The van der Waals surface area contributed by atoms with Crippen LogP contribution in [0.1, 0.15) is 26.7 Å². The van der Waals surface area contributed by atoms with Gasteiger partial charge in [0.05, 0.1) is 5.92 Å². The summed E-state index contributed by atoms with van der Waals surface area (Å²) in [5, 5.41) is 0. The number of guanidine groups is 1. The van der Waals surface area contributed by atoms with Gasteiger partial charge in [0, 0.05) is 19.6 Å². The van der Waals surface area contributed by atoms with Crippen molar-refractivity contribution in [2.75, 3.05) is 19.6 Å². The maximum absolute atomic E-state index is 12.4. The van der Waals surface area contributed by atoms with Crippen LogP contribution in [0.25, 0.3) is 0 Å². The molecule has 0 unspecified atom stereocenters. The quantitative estimate of drug-likeness (QED) is 0.604. The number of alkyl halides is 3. The minimum Gasteiger partial charge on any atom is -0.370 e. The monoisotopic (exact) mass is 251 g/mol. The van der Waals surface area contributed by atoms with Gasteiger partial charge in [0.25, 0.3) is 0 Å². The molecule has 0 atom stereocenters. The molecule has 0 aromatic rings. The van der Waals surface area contributed by atoms with E-state index in [0.29, 0.717) is 31.5 Å². The number of likely N-dealkylation sites (tertiary alicyclic amines) is 1. The fraction of sp³-hybridized carbons (Fsp3) is 0.909. The Kier molecular flexibility index (Phi) is 4.65. The molecule has 1 rings (SSSR count). The van der Waals surface area contributed by atoms with Gasteiger partial charge < -0.3 is 10.6 Å². The topological polar surface area (TPSA) is 41.6 Å². The molecule has 1 heterocycles. The summed E-state index contributed by atoms with van der Waals surface area (Å²) in [5.74, 6) is -0.405. The summed E-state index contributed by atoms with van der Waals surface area (Å²) in [4.78, 5) is 5.91. The standard InChI is InChI=1S/C11H20F3N3/c1-8(2)7-16-10(15)17-5-3-9(4-6-17)11(12,13)14/h8-9H,3-7H2,1-2H3,(H2,15,16). The number of nitrogens with two attached hydrogens (primary N) is 1. The Hall–Kier alpha value is -0.940. The fourth-order valence-electron chi connectivity index (χ4n) is 1.81. The molecule has 1 fully saturated rings. The highest BCUT2D eigenvalue weighted by Crippen LogP contribution is 2.33. The van der Waals surface area contributed by atoms with Crippen molar-refractivity contribution in [2.24, 2.45) is 22.6 Å². The highest BCUT2D eigenvalue weighted by molar-refractivity contribution is 5.78. The third kappa shape index (κ3) is 4.44. The summed E-state index contributed by atoms with van der Waals surface area (Å²) in [5.41, 5.74) is 5.75. The van der Waals surface area contributed by atoms with Crippen molar-refractivity contribution in [3.8, 4) is 0 Å². The summed E-state index contributed by atoms with van der Waals surface area (Å²) >= 11 is 0. The number of piperidine rings is 1. The van der Waals surface area contributed by atoms with E-state index in [0.717, 1.165) is 0 Å². The molecule has 1 aliphatic heterocycles. The number of hydrogen-bond acceptors (Lipinski definition) is 1. The van der Waals surface area contributed by atoms with Gasteiger partial charge in [0.15, 0.2) is 5.96 Å². The molecule has 2 N–H and O–H groups in total. The molecule has 0 aliphatic carbocycles. The largest absolute Gasteiger partial charge is 0.391 e. The van der Waals surface area contributed by atoms with Crippen molar-refractivity contribution in [1.29, 1.82) is 0 Å². The van der Waals surface area contributed by atoms with Crippen molar-refractivity contribution in [2.45, 2.75) is 32.9 Å². The van der Waals surface area contributed by atoms with Gasteiger partial charge in [-0.15, -0.1) is 0 Å². The normalized spacial score (nSPS) is 20.1. The molecule has 6 heteroatoms. The average Bonchev–Trinajstić information content (AvgIpc) is 2.25. The number of hydrogen-bond donors (Lipinski definition) is 1. The van der Waals surface area contributed by atoms with Crippen molar-refractivity contribution in [3.63, 3.8) is 0 Å². The Bertz CT molecular complexity index is 266. The van der Waals surface area contributed by atoms with Gasteiger partial charge in [-0.25, -0.2) is 0 Å². The zero-order chi connectivity index (χ0) is 13.1. The van der Waals surface area contributed by atoms with E-state index >= 15 is 0 Å². The van der Waals surface area contributed by atoms with E-state index in [1.807, 2.05) is 13.8 Å². The van der Waals surface area contributed by atoms with E-state index in [4.69, 9.17) is 5.73 Å². The number of halogens is 3. The number of rotatable bonds is 2. The van der Waals surface area contributed by atoms with Gasteiger partial charge >= 0.3 is 6.18 Å². The number of aliphatic imine (C=N–C) groups is 1. The van der Waals surface area contributed by atoms with E-state index in [-0.39, 0.29) is 12.8 Å². The number of nitrogens with zero attached hydrogens (tertiary/aromatic N) is 2. The second kappa shape index (κ2) is 5.60. The Morgan fingerprint density at radius 1 is 1.35 bits per heavy atom. The molecule has 0 spiro atoms. The van der Waals surface area contributed by atoms with Crippen molar-refractivity contribution >= 4 is 5.96 Å². The first-order chi connectivity index (χ1) is 7.80.